The largest absolute Gasteiger partial charge is 0.355 e. The minimum absolute atomic E-state index is 0.00143. The molecule has 0 aromatic rings. The van der Waals surface area contributed by atoms with Crippen LogP contribution in [0.15, 0.2) is 0 Å². The second kappa shape index (κ2) is 11.2. The first-order valence-corrected chi connectivity index (χ1v) is 7.30. The number of halogens is 1. The van der Waals surface area contributed by atoms with Crippen molar-refractivity contribution in [3.8, 4) is 0 Å². The van der Waals surface area contributed by atoms with Gasteiger partial charge >= 0.3 is 0 Å². The van der Waals surface area contributed by atoms with Crippen molar-refractivity contribution in [1.82, 2.24) is 15.8 Å². The van der Waals surface area contributed by atoms with Crippen molar-refractivity contribution in [2.24, 2.45) is 11.8 Å². The van der Waals surface area contributed by atoms with Crippen molar-refractivity contribution in [3.05, 3.63) is 0 Å². The van der Waals surface area contributed by atoms with Crippen LogP contribution >= 0.6 is 0 Å². The molecule has 114 valence electrons. The van der Waals surface area contributed by atoms with Gasteiger partial charge in [-0.25, -0.2) is 0 Å². The molecule has 0 atom stereocenters. The van der Waals surface area contributed by atoms with Crippen molar-refractivity contribution in [2.45, 2.75) is 40.5 Å². The summed E-state index contributed by atoms with van der Waals surface area (Å²) in [5.74, 6) is 1.01. The SMILES string of the molecule is CC(C)CCNCCN(F)CCNC(=O)CC(C)C. The van der Waals surface area contributed by atoms with E-state index < -0.39 is 0 Å². The minimum Gasteiger partial charge on any atom is -0.355 e. The van der Waals surface area contributed by atoms with Crippen molar-refractivity contribution < 1.29 is 9.28 Å². The summed E-state index contributed by atoms with van der Waals surface area (Å²) in [5.41, 5.74) is 0. The zero-order valence-electron chi connectivity index (χ0n) is 12.8. The Balaban J connectivity index is 3.39. The van der Waals surface area contributed by atoms with Crippen LogP contribution in [0, 0.1) is 11.8 Å². The number of amides is 1. The van der Waals surface area contributed by atoms with Gasteiger partial charge in [0, 0.05) is 32.6 Å². The van der Waals surface area contributed by atoms with Crippen LogP contribution < -0.4 is 10.6 Å². The van der Waals surface area contributed by atoms with E-state index in [1.807, 2.05) is 13.8 Å². The van der Waals surface area contributed by atoms with Gasteiger partial charge in [-0.05, 0) is 24.8 Å². The average Bonchev–Trinajstić information content (AvgIpc) is 2.27. The summed E-state index contributed by atoms with van der Waals surface area (Å²) in [5, 5.41) is 6.67. The van der Waals surface area contributed by atoms with E-state index in [-0.39, 0.29) is 12.5 Å². The lowest BCUT2D eigenvalue weighted by molar-refractivity contribution is -0.122. The Hall–Kier alpha value is -0.680. The Kier molecular flexibility index (Phi) is 10.8. The molecule has 4 nitrogen and oxygen atoms in total. The van der Waals surface area contributed by atoms with Gasteiger partial charge < -0.3 is 10.6 Å². The van der Waals surface area contributed by atoms with E-state index in [9.17, 15) is 9.28 Å². The van der Waals surface area contributed by atoms with Crippen LogP contribution in [0.3, 0.4) is 0 Å². The molecule has 1 amide bonds. The first kappa shape index (κ1) is 18.3. The van der Waals surface area contributed by atoms with Crippen molar-refractivity contribution >= 4 is 5.91 Å². The molecule has 0 radical (unpaired) electrons. The highest BCUT2D eigenvalue weighted by atomic mass is 19.2. The van der Waals surface area contributed by atoms with Crippen LogP contribution in [0.1, 0.15) is 40.5 Å². The van der Waals surface area contributed by atoms with Gasteiger partial charge in [0.15, 0.2) is 0 Å². The number of carbonyl (C=O) groups excluding carboxylic acids is 1. The quantitative estimate of drug-likeness (QED) is 0.447. The van der Waals surface area contributed by atoms with Crippen molar-refractivity contribution in [2.75, 3.05) is 32.7 Å². The van der Waals surface area contributed by atoms with E-state index in [4.69, 9.17) is 0 Å². The third-order valence-corrected chi connectivity index (χ3v) is 2.70. The van der Waals surface area contributed by atoms with Gasteiger partial charge in [0.05, 0.1) is 0 Å². The standard InChI is InChI=1S/C14H30FN3O/c1-12(2)5-6-16-7-9-18(15)10-8-17-14(19)11-13(3)4/h12-13,16H,5-11H2,1-4H3,(H,17,19). The Morgan fingerprint density at radius 2 is 1.68 bits per heavy atom. The van der Waals surface area contributed by atoms with Gasteiger partial charge in [0.25, 0.3) is 0 Å². The maximum absolute atomic E-state index is 13.3. The van der Waals surface area contributed by atoms with Crippen molar-refractivity contribution in [3.63, 3.8) is 0 Å². The Bertz CT molecular complexity index is 235. The molecule has 0 fully saturated rings. The first-order chi connectivity index (χ1) is 8.91. The fraction of sp³-hybridized carbons (Fsp3) is 0.929. The topological polar surface area (TPSA) is 44.4 Å². The molecule has 0 aliphatic carbocycles. The van der Waals surface area contributed by atoms with E-state index in [0.29, 0.717) is 37.9 Å². The van der Waals surface area contributed by atoms with Gasteiger partial charge in [-0.3, -0.25) is 4.79 Å². The molecule has 0 saturated heterocycles. The lowest BCUT2D eigenvalue weighted by Gasteiger charge is -2.13. The number of nitrogens with one attached hydrogen (secondary N) is 2. The zero-order chi connectivity index (χ0) is 14.7. The maximum Gasteiger partial charge on any atom is 0.220 e. The molecular formula is C14H30FN3O. The van der Waals surface area contributed by atoms with E-state index in [2.05, 4.69) is 24.5 Å². The molecule has 0 aliphatic heterocycles. The fourth-order valence-corrected chi connectivity index (χ4v) is 1.59. The van der Waals surface area contributed by atoms with Gasteiger partial charge in [-0.15, -0.1) is 9.60 Å². The lowest BCUT2D eigenvalue weighted by Crippen LogP contribution is -2.35. The summed E-state index contributed by atoms with van der Waals surface area (Å²) < 4.78 is 13.3. The van der Waals surface area contributed by atoms with E-state index >= 15 is 0 Å². The van der Waals surface area contributed by atoms with Gasteiger partial charge in [0.2, 0.25) is 5.91 Å². The van der Waals surface area contributed by atoms with E-state index in [1.165, 1.54) is 0 Å². The van der Waals surface area contributed by atoms with E-state index in [1.54, 1.807) is 0 Å². The van der Waals surface area contributed by atoms with Crippen LogP contribution in [0.25, 0.3) is 0 Å². The average molecular weight is 275 g/mol. The van der Waals surface area contributed by atoms with E-state index in [0.717, 1.165) is 18.1 Å². The summed E-state index contributed by atoms with van der Waals surface area (Å²) in [7, 11) is 0. The first-order valence-electron chi connectivity index (χ1n) is 7.30. The Labute approximate surface area is 117 Å². The van der Waals surface area contributed by atoms with Crippen LogP contribution in [0.2, 0.25) is 0 Å². The number of carbonyl (C=O) groups is 1. The molecule has 19 heavy (non-hydrogen) atoms. The predicted octanol–water partition coefficient (Wildman–Crippen LogP) is 1.97. The van der Waals surface area contributed by atoms with Crippen LogP contribution in [0.5, 0.6) is 0 Å². The summed E-state index contributed by atoms with van der Waals surface area (Å²) in [6.07, 6.45) is 1.61. The summed E-state index contributed by atoms with van der Waals surface area (Å²) in [6.45, 7) is 10.9. The second-order valence-corrected chi connectivity index (χ2v) is 5.79. The normalized spacial score (nSPS) is 11.6. The number of nitrogens with zero attached hydrogens (tertiary/aromatic N) is 1. The molecule has 0 aromatic carbocycles. The van der Waals surface area contributed by atoms with Gasteiger partial charge in [-0.2, -0.15) is 0 Å². The smallest absolute Gasteiger partial charge is 0.220 e. The molecule has 0 aromatic heterocycles. The molecule has 5 heteroatoms. The molecule has 0 bridgehead atoms. The van der Waals surface area contributed by atoms with Gasteiger partial charge in [0.1, 0.15) is 0 Å². The van der Waals surface area contributed by atoms with Crippen LogP contribution in [-0.4, -0.2) is 43.8 Å². The predicted molar refractivity (Wildman–Crippen MR) is 77.5 cm³/mol. The highest BCUT2D eigenvalue weighted by Gasteiger charge is 2.06. The number of rotatable bonds is 11. The number of hydrogen-bond acceptors (Lipinski definition) is 3. The highest BCUT2D eigenvalue weighted by molar-refractivity contribution is 5.75. The third-order valence-electron chi connectivity index (χ3n) is 2.70. The molecule has 0 spiro atoms. The Morgan fingerprint density at radius 3 is 2.26 bits per heavy atom. The molecule has 0 heterocycles. The van der Waals surface area contributed by atoms with Crippen molar-refractivity contribution in [1.29, 1.82) is 0 Å². The minimum atomic E-state index is -0.00143. The Morgan fingerprint density at radius 1 is 1.05 bits per heavy atom. The van der Waals surface area contributed by atoms with Crippen LogP contribution in [-0.2, 0) is 4.79 Å². The molecule has 2 N–H and O–H groups in total. The monoisotopic (exact) mass is 275 g/mol. The zero-order valence-corrected chi connectivity index (χ0v) is 12.8. The molecular weight excluding hydrogens is 245 g/mol. The second-order valence-electron chi connectivity index (χ2n) is 5.79. The molecule has 0 aliphatic rings. The molecule has 0 rings (SSSR count). The highest BCUT2D eigenvalue weighted by Crippen LogP contribution is 1.98. The number of hydrogen-bond donors (Lipinski definition) is 2. The summed E-state index contributed by atoms with van der Waals surface area (Å²) in [6, 6.07) is 0. The maximum atomic E-state index is 13.3. The van der Waals surface area contributed by atoms with Crippen LogP contribution in [0.4, 0.5) is 4.48 Å². The fourth-order valence-electron chi connectivity index (χ4n) is 1.59. The molecule has 0 unspecified atom stereocenters. The summed E-state index contributed by atoms with van der Waals surface area (Å²) >= 11 is 0. The third kappa shape index (κ3) is 13.6. The molecule has 0 saturated carbocycles. The lowest BCUT2D eigenvalue weighted by atomic mass is 10.1. The summed E-state index contributed by atoms with van der Waals surface area (Å²) in [4.78, 5) is 11.3. The van der Waals surface area contributed by atoms with Gasteiger partial charge in [-0.1, -0.05) is 27.7 Å².